The van der Waals surface area contributed by atoms with Crippen LogP contribution in [0.4, 0.5) is 13.2 Å². The van der Waals surface area contributed by atoms with Crippen LogP contribution >= 0.6 is 0 Å². The van der Waals surface area contributed by atoms with Crippen LogP contribution in [0.3, 0.4) is 0 Å². The number of carbonyl (C=O) groups excluding carboxylic acids is 1. The van der Waals surface area contributed by atoms with Crippen LogP contribution in [0, 0.1) is 0 Å². The lowest BCUT2D eigenvalue weighted by molar-refractivity contribution is -0.139. The zero-order chi connectivity index (χ0) is 10.5. The van der Waals surface area contributed by atoms with E-state index in [0.717, 1.165) is 0 Å². The molecule has 0 radical (unpaired) electrons. The summed E-state index contributed by atoms with van der Waals surface area (Å²) >= 11 is 0. The molecule has 0 saturated heterocycles. The Labute approximate surface area is 74.4 Å². The summed E-state index contributed by atoms with van der Waals surface area (Å²) in [6.07, 6.45) is -4.47. The highest BCUT2D eigenvalue weighted by Crippen LogP contribution is 2.20. The van der Waals surface area contributed by atoms with Crippen LogP contribution in [0.15, 0.2) is 11.6 Å². The van der Waals surface area contributed by atoms with Gasteiger partial charge in [0.15, 0.2) is 0 Å². The Kier molecular flexibility index (Phi) is 4.51. The Hall–Kier alpha value is -1.00. The molecule has 76 valence electrons. The lowest BCUT2D eigenvalue weighted by Crippen LogP contribution is -2.12. The lowest BCUT2D eigenvalue weighted by atomic mass is 10.2. The SMILES string of the molecule is CCOC(=O)/C(=C/C(F)(F)F)CC. The van der Waals surface area contributed by atoms with Crippen LogP contribution in [0.1, 0.15) is 20.3 Å². The van der Waals surface area contributed by atoms with Gasteiger partial charge in [-0.25, -0.2) is 4.79 Å². The standard InChI is InChI=1S/C8H11F3O2/c1-3-6(5-8(9,10)11)7(12)13-4-2/h5H,3-4H2,1-2H3/b6-5+. The third-order valence-electron chi connectivity index (χ3n) is 1.26. The fraction of sp³-hybridized carbons (Fsp3) is 0.625. The van der Waals surface area contributed by atoms with E-state index < -0.39 is 12.1 Å². The molecule has 0 heterocycles. The minimum Gasteiger partial charge on any atom is -0.463 e. The predicted octanol–water partition coefficient (Wildman–Crippen LogP) is 2.45. The average Bonchev–Trinajstić information content (AvgIpc) is 1.99. The maximum atomic E-state index is 11.8. The van der Waals surface area contributed by atoms with Gasteiger partial charge in [-0.3, -0.25) is 0 Å². The molecule has 0 unspecified atom stereocenters. The van der Waals surface area contributed by atoms with E-state index >= 15 is 0 Å². The van der Waals surface area contributed by atoms with Gasteiger partial charge in [0, 0.05) is 11.6 Å². The first-order chi connectivity index (χ1) is 5.90. The van der Waals surface area contributed by atoms with E-state index in [1.165, 1.54) is 6.92 Å². The summed E-state index contributed by atoms with van der Waals surface area (Å²) in [4.78, 5) is 10.9. The highest BCUT2D eigenvalue weighted by Gasteiger charge is 2.26. The number of hydrogen-bond acceptors (Lipinski definition) is 2. The molecule has 0 spiro atoms. The fourth-order valence-corrected chi connectivity index (χ4v) is 0.727. The normalized spacial score (nSPS) is 12.8. The van der Waals surface area contributed by atoms with Gasteiger partial charge in [0.25, 0.3) is 0 Å². The molecule has 0 aromatic rings. The predicted molar refractivity (Wildman–Crippen MR) is 41.1 cm³/mol. The molecule has 0 N–H and O–H groups in total. The summed E-state index contributed by atoms with van der Waals surface area (Å²) in [5, 5.41) is 0. The van der Waals surface area contributed by atoms with Crippen molar-refractivity contribution in [3.63, 3.8) is 0 Å². The minimum absolute atomic E-state index is 0.0122. The van der Waals surface area contributed by atoms with Gasteiger partial charge < -0.3 is 4.74 Å². The van der Waals surface area contributed by atoms with Crippen molar-refractivity contribution in [3.05, 3.63) is 11.6 Å². The summed E-state index contributed by atoms with van der Waals surface area (Å²) < 4.78 is 39.9. The second-order valence-electron chi connectivity index (χ2n) is 2.29. The van der Waals surface area contributed by atoms with Crippen LogP contribution in [-0.4, -0.2) is 18.8 Å². The number of alkyl halides is 3. The number of carbonyl (C=O) groups is 1. The summed E-state index contributed by atoms with van der Waals surface area (Å²) in [7, 11) is 0. The maximum Gasteiger partial charge on any atom is 0.410 e. The number of ether oxygens (including phenoxy) is 1. The lowest BCUT2D eigenvalue weighted by Gasteiger charge is -2.05. The Morgan fingerprint density at radius 2 is 1.92 bits per heavy atom. The number of hydrogen-bond donors (Lipinski definition) is 0. The molecule has 0 saturated carbocycles. The van der Waals surface area contributed by atoms with Gasteiger partial charge in [0.05, 0.1) is 6.61 Å². The molecule has 0 aliphatic carbocycles. The van der Waals surface area contributed by atoms with Crippen LogP contribution < -0.4 is 0 Å². The number of rotatable bonds is 3. The van der Waals surface area contributed by atoms with Gasteiger partial charge in [-0.2, -0.15) is 13.2 Å². The van der Waals surface area contributed by atoms with E-state index in [1.807, 2.05) is 0 Å². The first kappa shape index (κ1) is 12.0. The Morgan fingerprint density at radius 3 is 2.23 bits per heavy atom. The molecule has 0 rings (SSSR count). The summed E-state index contributed by atoms with van der Waals surface area (Å²) in [5.74, 6) is -0.901. The summed E-state index contributed by atoms with van der Waals surface area (Å²) in [5.41, 5.74) is -0.352. The topological polar surface area (TPSA) is 26.3 Å². The molecule has 0 amide bonds. The Balaban J connectivity index is 4.50. The second-order valence-corrected chi connectivity index (χ2v) is 2.29. The Morgan fingerprint density at radius 1 is 1.38 bits per heavy atom. The molecule has 0 aromatic carbocycles. The largest absolute Gasteiger partial charge is 0.463 e. The van der Waals surface area contributed by atoms with Crippen molar-refractivity contribution >= 4 is 5.97 Å². The number of allylic oxidation sites excluding steroid dienone is 1. The van der Waals surface area contributed by atoms with E-state index in [2.05, 4.69) is 4.74 Å². The van der Waals surface area contributed by atoms with Crippen LogP contribution in [0.2, 0.25) is 0 Å². The van der Waals surface area contributed by atoms with Crippen molar-refractivity contribution in [2.75, 3.05) is 6.61 Å². The third kappa shape index (κ3) is 5.27. The van der Waals surface area contributed by atoms with Gasteiger partial charge in [-0.1, -0.05) is 6.92 Å². The molecule has 0 fully saturated rings. The fourth-order valence-electron chi connectivity index (χ4n) is 0.727. The van der Waals surface area contributed by atoms with Crippen molar-refractivity contribution in [1.29, 1.82) is 0 Å². The van der Waals surface area contributed by atoms with Crippen molar-refractivity contribution in [1.82, 2.24) is 0 Å². The van der Waals surface area contributed by atoms with Crippen LogP contribution in [-0.2, 0) is 9.53 Å². The molecule has 0 aliphatic heterocycles. The highest BCUT2D eigenvalue weighted by molar-refractivity contribution is 5.88. The van der Waals surface area contributed by atoms with E-state index in [4.69, 9.17) is 0 Å². The van der Waals surface area contributed by atoms with Gasteiger partial charge in [0.1, 0.15) is 0 Å². The molecule has 2 nitrogen and oxygen atoms in total. The molecule has 0 bridgehead atoms. The maximum absolute atomic E-state index is 11.8. The van der Waals surface area contributed by atoms with E-state index in [9.17, 15) is 18.0 Å². The van der Waals surface area contributed by atoms with Crippen molar-refractivity contribution < 1.29 is 22.7 Å². The zero-order valence-corrected chi connectivity index (χ0v) is 7.44. The number of halogens is 3. The Bertz CT molecular complexity index is 206. The van der Waals surface area contributed by atoms with Crippen LogP contribution in [0.25, 0.3) is 0 Å². The molecule has 13 heavy (non-hydrogen) atoms. The first-order valence-corrected chi connectivity index (χ1v) is 3.86. The quantitative estimate of drug-likeness (QED) is 0.512. The van der Waals surface area contributed by atoms with E-state index in [-0.39, 0.29) is 24.7 Å². The molecule has 0 atom stereocenters. The second kappa shape index (κ2) is 4.89. The highest BCUT2D eigenvalue weighted by atomic mass is 19.4. The monoisotopic (exact) mass is 196 g/mol. The van der Waals surface area contributed by atoms with Gasteiger partial charge in [0.2, 0.25) is 0 Å². The van der Waals surface area contributed by atoms with Crippen LogP contribution in [0.5, 0.6) is 0 Å². The van der Waals surface area contributed by atoms with Crippen molar-refractivity contribution in [3.8, 4) is 0 Å². The molecule has 5 heteroatoms. The summed E-state index contributed by atoms with van der Waals surface area (Å²) in [6.45, 7) is 3.08. The van der Waals surface area contributed by atoms with E-state index in [0.29, 0.717) is 0 Å². The molecular formula is C8H11F3O2. The summed E-state index contributed by atoms with van der Waals surface area (Å²) in [6, 6.07) is 0. The van der Waals surface area contributed by atoms with Gasteiger partial charge >= 0.3 is 12.1 Å². The van der Waals surface area contributed by atoms with Crippen molar-refractivity contribution in [2.45, 2.75) is 26.4 Å². The van der Waals surface area contributed by atoms with E-state index in [1.54, 1.807) is 6.92 Å². The zero-order valence-electron chi connectivity index (χ0n) is 7.44. The van der Waals surface area contributed by atoms with Gasteiger partial charge in [-0.05, 0) is 13.3 Å². The van der Waals surface area contributed by atoms with Crippen molar-refractivity contribution in [2.24, 2.45) is 0 Å². The first-order valence-electron chi connectivity index (χ1n) is 3.86. The minimum atomic E-state index is -4.46. The molecule has 0 aromatic heterocycles. The average molecular weight is 196 g/mol. The molecular weight excluding hydrogens is 185 g/mol. The van der Waals surface area contributed by atoms with Gasteiger partial charge in [-0.15, -0.1) is 0 Å². The molecule has 0 aliphatic rings. The third-order valence-corrected chi connectivity index (χ3v) is 1.26. The number of esters is 1. The smallest absolute Gasteiger partial charge is 0.410 e.